The Morgan fingerprint density at radius 1 is 1.03 bits per heavy atom. The van der Waals surface area contributed by atoms with E-state index in [0.717, 1.165) is 53.3 Å². The van der Waals surface area contributed by atoms with Crippen molar-refractivity contribution < 1.29 is 0 Å². The number of anilines is 1. The van der Waals surface area contributed by atoms with Gasteiger partial charge in [0.25, 0.3) is 5.56 Å². The molecule has 2 aliphatic rings. The highest BCUT2D eigenvalue weighted by Gasteiger charge is 2.34. The summed E-state index contributed by atoms with van der Waals surface area (Å²) < 4.78 is 3.77. The molecule has 6 rings (SSSR count). The standard InChI is InChI=1S/C27H33N7O/c1-17-14-34(24-12-26(35)31(4)25-16-32(30-27(24)25)15-20-5-6-20)18(2)13-33(17)19(3)21-7-8-22-23(11-21)29-10-9-28-22/h7-12,16-20H,5-6,13-15H2,1-4H3/t17-,18+,19?/m1/s1. The minimum Gasteiger partial charge on any atom is -0.364 e. The highest BCUT2D eigenvalue weighted by Crippen LogP contribution is 2.34. The molecule has 3 atom stereocenters. The van der Waals surface area contributed by atoms with Gasteiger partial charge in [-0.15, -0.1) is 0 Å². The lowest BCUT2D eigenvalue weighted by Gasteiger charge is -2.47. The van der Waals surface area contributed by atoms with Crippen molar-refractivity contribution in [2.75, 3.05) is 18.0 Å². The van der Waals surface area contributed by atoms with Gasteiger partial charge in [-0.25, -0.2) is 0 Å². The molecule has 182 valence electrons. The number of rotatable bonds is 5. The average molecular weight is 472 g/mol. The van der Waals surface area contributed by atoms with Gasteiger partial charge in [-0.2, -0.15) is 5.10 Å². The van der Waals surface area contributed by atoms with Crippen molar-refractivity contribution in [2.45, 2.75) is 58.3 Å². The largest absolute Gasteiger partial charge is 0.364 e. The van der Waals surface area contributed by atoms with Crippen LogP contribution in [-0.4, -0.2) is 54.4 Å². The second-order valence-corrected chi connectivity index (χ2v) is 10.5. The first kappa shape index (κ1) is 22.2. The summed E-state index contributed by atoms with van der Waals surface area (Å²) in [7, 11) is 1.84. The molecule has 1 aromatic carbocycles. The zero-order chi connectivity index (χ0) is 24.3. The summed E-state index contributed by atoms with van der Waals surface area (Å²) in [5.41, 5.74) is 5.94. The zero-order valence-electron chi connectivity index (χ0n) is 20.9. The maximum absolute atomic E-state index is 12.9. The van der Waals surface area contributed by atoms with Crippen molar-refractivity contribution in [1.29, 1.82) is 0 Å². The van der Waals surface area contributed by atoms with Gasteiger partial charge in [0.2, 0.25) is 0 Å². The van der Waals surface area contributed by atoms with Gasteiger partial charge in [-0.05, 0) is 57.2 Å². The van der Waals surface area contributed by atoms with E-state index in [0.29, 0.717) is 6.04 Å². The number of piperazine rings is 1. The van der Waals surface area contributed by atoms with Gasteiger partial charge < -0.3 is 9.47 Å². The third kappa shape index (κ3) is 3.99. The van der Waals surface area contributed by atoms with Crippen LogP contribution < -0.4 is 10.5 Å². The molecule has 0 N–H and O–H groups in total. The van der Waals surface area contributed by atoms with Gasteiger partial charge >= 0.3 is 0 Å². The Morgan fingerprint density at radius 3 is 2.57 bits per heavy atom. The third-order valence-electron chi connectivity index (χ3n) is 7.90. The number of aryl methyl sites for hydroxylation is 1. The Labute approximate surface area is 205 Å². The maximum Gasteiger partial charge on any atom is 0.252 e. The molecule has 3 aromatic heterocycles. The lowest BCUT2D eigenvalue weighted by molar-refractivity contribution is 0.119. The molecule has 0 bridgehead atoms. The SMILES string of the molecule is CC(c1ccc2nccnc2c1)N1C[C@H](C)N(c2cc(=O)n(C)c3cn(CC4CC4)nc23)C[C@H]1C. The second kappa shape index (κ2) is 8.45. The summed E-state index contributed by atoms with van der Waals surface area (Å²) in [6, 6.07) is 8.98. The van der Waals surface area contributed by atoms with E-state index in [1.54, 1.807) is 23.0 Å². The summed E-state index contributed by atoms with van der Waals surface area (Å²) in [5, 5.41) is 4.95. The van der Waals surface area contributed by atoms with Crippen LogP contribution >= 0.6 is 0 Å². The van der Waals surface area contributed by atoms with E-state index in [4.69, 9.17) is 5.10 Å². The van der Waals surface area contributed by atoms with E-state index >= 15 is 0 Å². The smallest absolute Gasteiger partial charge is 0.252 e. The van der Waals surface area contributed by atoms with Crippen molar-refractivity contribution in [2.24, 2.45) is 13.0 Å². The number of pyridine rings is 1. The summed E-state index contributed by atoms with van der Waals surface area (Å²) in [5.74, 6) is 0.731. The van der Waals surface area contributed by atoms with Crippen molar-refractivity contribution in [1.82, 2.24) is 29.2 Å². The molecule has 0 radical (unpaired) electrons. The molecule has 1 saturated heterocycles. The van der Waals surface area contributed by atoms with Crippen LogP contribution in [0.3, 0.4) is 0 Å². The fourth-order valence-electron chi connectivity index (χ4n) is 5.58. The normalized spacial score (nSPS) is 22.2. The van der Waals surface area contributed by atoms with E-state index < -0.39 is 0 Å². The molecule has 35 heavy (non-hydrogen) atoms. The first-order valence-corrected chi connectivity index (χ1v) is 12.7. The lowest BCUT2D eigenvalue weighted by Crippen LogP contribution is -2.57. The van der Waals surface area contributed by atoms with Crippen LogP contribution in [0.15, 0.2) is 47.7 Å². The number of benzene rings is 1. The van der Waals surface area contributed by atoms with E-state index in [1.807, 2.05) is 17.9 Å². The number of aromatic nitrogens is 5. The van der Waals surface area contributed by atoms with Crippen LogP contribution in [-0.2, 0) is 13.6 Å². The highest BCUT2D eigenvalue weighted by atomic mass is 16.1. The molecule has 1 aliphatic carbocycles. The predicted octanol–water partition coefficient (Wildman–Crippen LogP) is 3.75. The highest BCUT2D eigenvalue weighted by molar-refractivity contribution is 5.88. The minimum atomic E-state index is 0.0198. The van der Waals surface area contributed by atoms with Crippen LogP contribution in [0.1, 0.15) is 45.2 Å². The molecular formula is C27H33N7O. The monoisotopic (exact) mass is 471 g/mol. The summed E-state index contributed by atoms with van der Waals surface area (Å²) >= 11 is 0. The van der Waals surface area contributed by atoms with Gasteiger partial charge in [-0.3, -0.25) is 24.3 Å². The van der Waals surface area contributed by atoms with Crippen molar-refractivity contribution in [3.05, 3.63) is 58.8 Å². The maximum atomic E-state index is 12.9. The molecular weight excluding hydrogens is 438 g/mol. The number of fused-ring (bicyclic) bond motifs is 2. The first-order chi connectivity index (χ1) is 16.9. The van der Waals surface area contributed by atoms with E-state index in [1.165, 1.54) is 18.4 Å². The van der Waals surface area contributed by atoms with Crippen LogP contribution in [0.4, 0.5) is 5.69 Å². The fraction of sp³-hybridized carbons (Fsp3) is 0.481. The second-order valence-electron chi connectivity index (χ2n) is 10.5. The topological polar surface area (TPSA) is 72.1 Å². The molecule has 4 heterocycles. The molecule has 2 fully saturated rings. The first-order valence-electron chi connectivity index (χ1n) is 12.7. The Balaban J connectivity index is 1.29. The van der Waals surface area contributed by atoms with Crippen LogP contribution in [0.5, 0.6) is 0 Å². The van der Waals surface area contributed by atoms with Crippen LogP contribution in [0.2, 0.25) is 0 Å². The average Bonchev–Trinajstić information content (AvgIpc) is 3.57. The van der Waals surface area contributed by atoms with Gasteiger partial charge in [0.1, 0.15) is 5.52 Å². The molecule has 0 amide bonds. The summed E-state index contributed by atoms with van der Waals surface area (Å²) in [4.78, 5) is 26.7. The summed E-state index contributed by atoms with van der Waals surface area (Å²) in [6.07, 6.45) is 8.09. The van der Waals surface area contributed by atoms with Crippen molar-refractivity contribution in [3.63, 3.8) is 0 Å². The number of hydrogen-bond acceptors (Lipinski definition) is 6. The number of hydrogen-bond donors (Lipinski definition) is 0. The Kier molecular flexibility index (Phi) is 5.36. The van der Waals surface area contributed by atoms with Gasteiger partial charge in [0, 0.05) is 69.5 Å². The van der Waals surface area contributed by atoms with Crippen molar-refractivity contribution >= 4 is 27.8 Å². The molecule has 0 spiro atoms. The lowest BCUT2D eigenvalue weighted by atomic mass is 10.00. The minimum absolute atomic E-state index is 0.0198. The molecule has 8 nitrogen and oxygen atoms in total. The molecule has 1 unspecified atom stereocenters. The molecule has 1 aliphatic heterocycles. The van der Waals surface area contributed by atoms with E-state index in [2.05, 4.69) is 58.7 Å². The molecule has 1 saturated carbocycles. The van der Waals surface area contributed by atoms with Crippen LogP contribution in [0.25, 0.3) is 22.1 Å². The van der Waals surface area contributed by atoms with Gasteiger partial charge in [0.15, 0.2) is 0 Å². The Bertz CT molecular complexity index is 1450. The predicted molar refractivity (Wildman–Crippen MR) is 139 cm³/mol. The van der Waals surface area contributed by atoms with E-state index in [9.17, 15) is 4.79 Å². The number of nitrogens with zero attached hydrogens (tertiary/aromatic N) is 7. The quantitative estimate of drug-likeness (QED) is 0.442. The Morgan fingerprint density at radius 2 is 1.80 bits per heavy atom. The van der Waals surface area contributed by atoms with Crippen LogP contribution in [0, 0.1) is 5.92 Å². The van der Waals surface area contributed by atoms with E-state index in [-0.39, 0.29) is 17.6 Å². The van der Waals surface area contributed by atoms with Gasteiger partial charge in [0.05, 0.1) is 22.2 Å². The fourth-order valence-corrected chi connectivity index (χ4v) is 5.58. The zero-order valence-corrected chi connectivity index (χ0v) is 20.9. The Hall–Kier alpha value is -3.26. The molecule has 4 aromatic rings. The molecule has 8 heteroatoms. The third-order valence-corrected chi connectivity index (χ3v) is 7.90. The summed E-state index contributed by atoms with van der Waals surface area (Å²) in [6.45, 7) is 9.49. The van der Waals surface area contributed by atoms with Gasteiger partial charge in [-0.1, -0.05) is 6.07 Å². The van der Waals surface area contributed by atoms with Crippen molar-refractivity contribution in [3.8, 4) is 0 Å².